The summed E-state index contributed by atoms with van der Waals surface area (Å²) in [5.74, 6) is 1.21. The lowest BCUT2D eigenvalue weighted by atomic mass is 9.81. The lowest BCUT2D eigenvalue weighted by molar-refractivity contribution is 0.0600. The second-order valence-corrected chi connectivity index (χ2v) is 5.75. The second kappa shape index (κ2) is 6.74. The van der Waals surface area contributed by atoms with Crippen LogP contribution in [0.2, 0.25) is 0 Å². The Labute approximate surface area is 116 Å². The highest BCUT2D eigenvalue weighted by atomic mass is 16.5. The first-order valence-electron chi connectivity index (χ1n) is 7.39. The van der Waals surface area contributed by atoms with Gasteiger partial charge in [0, 0.05) is 0 Å². The Balaban J connectivity index is 1.94. The molecule has 0 amide bonds. The molecule has 2 heteroatoms. The minimum Gasteiger partial charge on any atom is -0.465 e. The van der Waals surface area contributed by atoms with Gasteiger partial charge in [-0.1, -0.05) is 51.2 Å². The van der Waals surface area contributed by atoms with Gasteiger partial charge in [0.15, 0.2) is 0 Å². The maximum atomic E-state index is 11.4. The van der Waals surface area contributed by atoms with Crippen LogP contribution in [-0.2, 0) is 4.74 Å². The van der Waals surface area contributed by atoms with E-state index in [0.717, 1.165) is 5.92 Å². The Hall–Kier alpha value is -1.31. The molecule has 0 N–H and O–H groups in total. The minimum absolute atomic E-state index is 0.258. The van der Waals surface area contributed by atoms with Crippen LogP contribution in [0.15, 0.2) is 24.3 Å². The number of carbonyl (C=O) groups is 1. The molecule has 1 aliphatic rings. The quantitative estimate of drug-likeness (QED) is 0.742. The smallest absolute Gasteiger partial charge is 0.337 e. The molecular weight excluding hydrogens is 236 g/mol. The summed E-state index contributed by atoms with van der Waals surface area (Å²) in [6, 6.07) is 7.89. The molecule has 19 heavy (non-hydrogen) atoms. The van der Waals surface area contributed by atoms with E-state index in [1.165, 1.54) is 51.2 Å². The van der Waals surface area contributed by atoms with Crippen LogP contribution >= 0.6 is 0 Å². The molecule has 0 saturated heterocycles. The molecule has 0 heterocycles. The molecule has 0 spiro atoms. The van der Waals surface area contributed by atoms with Crippen LogP contribution < -0.4 is 0 Å². The predicted molar refractivity (Wildman–Crippen MR) is 77.4 cm³/mol. The number of ether oxygens (including phenoxy) is 1. The lowest BCUT2D eigenvalue weighted by Crippen LogP contribution is -2.10. The molecule has 2 rings (SSSR count). The zero-order chi connectivity index (χ0) is 13.7. The van der Waals surface area contributed by atoms with Gasteiger partial charge in [0.05, 0.1) is 12.7 Å². The highest BCUT2D eigenvalue weighted by Crippen LogP contribution is 2.32. The summed E-state index contributed by atoms with van der Waals surface area (Å²) in [6.45, 7) is 2.29. The fourth-order valence-electron chi connectivity index (χ4n) is 3.12. The van der Waals surface area contributed by atoms with Crippen LogP contribution in [0.4, 0.5) is 0 Å². The van der Waals surface area contributed by atoms with Crippen LogP contribution in [0.3, 0.4) is 0 Å². The van der Waals surface area contributed by atoms with E-state index in [9.17, 15) is 4.79 Å². The third-order valence-electron chi connectivity index (χ3n) is 4.31. The summed E-state index contributed by atoms with van der Waals surface area (Å²) in [5.41, 5.74) is 1.97. The van der Waals surface area contributed by atoms with Crippen LogP contribution in [0.5, 0.6) is 0 Å². The third kappa shape index (κ3) is 3.82. The van der Waals surface area contributed by atoms with E-state index in [2.05, 4.69) is 19.1 Å². The SMILES string of the molecule is COC(=O)c1ccc([C@@H](C)CC2CCCCC2)cc1. The predicted octanol–water partition coefficient (Wildman–Crippen LogP) is 4.55. The van der Waals surface area contributed by atoms with E-state index in [4.69, 9.17) is 4.74 Å². The van der Waals surface area contributed by atoms with E-state index in [0.29, 0.717) is 11.5 Å². The third-order valence-corrected chi connectivity index (χ3v) is 4.31. The zero-order valence-corrected chi connectivity index (χ0v) is 12.0. The fourth-order valence-corrected chi connectivity index (χ4v) is 3.12. The molecule has 1 fully saturated rings. The van der Waals surface area contributed by atoms with Gasteiger partial charge in [-0.25, -0.2) is 4.79 Å². The van der Waals surface area contributed by atoms with E-state index in [1.54, 1.807) is 0 Å². The number of benzene rings is 1. The molecule has 1 atom stereocenters. The van der Waals surface area contributed by atoms with Crippen LogP contribution in [0, 0.1) is 5.92 Å². The van der Waals surface area contributed by atoms with Crippen molar-refractivity contribution in [1.82, 2.24) is 0 Å². The van der Waals surface area contributed by atoms with Gasteiger partial charge >= 0.3 is 5.97 Å². The van der Waals surface area contributed by atoms with Crippen molar-refractivity contribution in [2.24, 2.45) is 5.92 Å². The van der Waals surface area contributed by atoms with Gasteiger partial charge in [0.25, 0.3) is 0 Å². The Morgan fingerprint density at radius 1 is 1.21 bits per heavy atom. The van der Waals surface area contributed by atoms with Crippen molar-refractivity contribution in [2.45, 2.75) is 51.4 Å². The van der Waals surface area contributed by atoms with E-state index >= 15 is 0 Å². The van der Waals surface area contributed by atoms with Crippen molar-refractivity contribution in [3.05, 3.63) is 35.4 Å². The molecule has 0 bridgehead atoms. The molecule has 0 aliphatic heterocycles. The molecule has 0 unspecified atom stereocenters. The maximum Gasteiger partial charge on any atom is 0.337 e. The molecule has 104 valence electrons. The first-order chi connectivity index (χ1) is 9.20. The van der Waals surface area contributed by atoms with Gasteiger partial charge in [0.1, 0.15) is 0 Å². The fraction of sp³-hybridized carbons (Fsp3) is 0.588. The van der Waals surface area contributed by atoms with E-state index in [1.807, 2.05) is 12.1 Å². The zero-order valence-electron chi connectivity index (χ0n) is 12.0. The van der Waals surface area contributed by atoms with Gasteiger partial charge in [-0.2, -0.15) is 0 Å². The number of hydrogen-bond acceptors (Lipinski definition) is 2. The van der Waals surface area contributed by atoms with E-state index < -0.39 is 0 Å². The molecule has 0 aromatic heterocycles. The maximum absolute atomic E-state index is 11.4. The highest BCUT2D eigenvalue weighted by molar-refractivity contribution is 5.89. The van der Waals surface area contributed by atoms with Crippen molar-refractivity contribution < 1.29 is 9.53 Å². The number of rotatable bonds is 4. The van der Waals surface area contributed by atoms with Crippen molar-refractivity contribution in [2.75, 3.05) is 7.11 Å². The first kappa shape index (κ1) is 14.1. The van der Waals surface area contributed by atoms with Crippen molar-refractivity contribution in [1.29, 1.82) is 0 Å². The van der Waals surface area contributed by atoms with Crippen molar-refractivity contribution in [3.8, 4) is 0 Å². The Bertz CT molecular complexity index is 402. The van der Waals surface area contributed by atoms with Crippen LogP contribution in [0.1, 0.15) is 67.3 Å². The van der Waals surface area contributed by atoms with Gasteiger partial charge in [0.2, 0.25) is 0 Å². The number of esters is 1. The molecule has 1 aromatic rings. The van der Waals surface area contributed by atoms with Gasteiger partial charge in [-0.05, 0) is 36.0 Å². The van der Waals surface area contributed by atoms with Crippen LogP contribution in [0.25, 0.3) is 0 Å². The monoisotopic (exact) mass is 260 g/mol. The lowest BCUT2D eigenvalue weighted by Gasteiger charge is -2.24. The molecule has 1 aliphatic carbocycles. The van der Waals surface area contributed by atoms with Gasteiger partial charge in [-0.15, -0.1) is 0 Å². The summed E-state index contributed by atoms with van der Waals surface area (Å²) in [4.78, 5) is 11.4. The first-order valence-corrected chi connectivity index (χ1v) is 7.39. The normalized spacial score (nSPS) is 18.0. The second-order valence-electron chi connectivity index (χ2n) is 5.75. The van der Waals surface area contributed by atoms with Gasteiger partial charge < -0.3 is 4.74 Å². The topological polar surface area (TPSA) is 26.3 Å². The largest absolute Gasteiger partial charge is 0.465 e. The summed E-state index contributed by atoms with van der Waals surface area (Å²) < 4.78 is 4.72. The van der Waals surface area contributed by atoms with Crippen LogP contribution in [-0.4, -0.2) is 13.1 Å². The summed E-state index contributed by atoms with van der Waals surface area (Å²) in [6.07, 6.45) is 8.28. The van der Waals surface area contributed by atoms with Crippen molar-refractivity contribution >= 4 is 5.97 Å². The number of carbonyl (C=O) groups excluding carboxylic acids is 1. The Kier molecular flexibility index (Phi) is 5.00. The molecular formula is C17H24O2. The average Bonchev–Trinajstić information content (AvgIpc) is 2.47. The Morgan fingerprint density at radius 3 is 2.42 bits per heavy atom. The summed E-state index contributed by atoms with van der Waals surface area (Å²) >= 11 is 0. The van der Waals surface area contributed by atoms with Crippen molar-refractivity contribution in [3.63, 3.8) is 0 Å². The highest BCUT2D eigenvalue weighted by Gasteiger charge is 2.17. The van der Waals surface area contributed by atoms with E-state index in [-0.39, 0.29) is 5.97 Å². The number of methoxy groups -OCH3 is 1. The summed E-state index contributed by atoms with van der Waals surface area (Å²) in [7, 11) is 1.42. The molecule has 1 aromatic carbocycles. The standard InChI is InChI=1S/C17H24O2/c1-13(12-14-6-4-3-5-7-14)15-8-10-16(11-9-15)17(18)19-2/h8-11,13-14H,3-7,12H2,1-2H3/t13-/m0/s1. The average molecular weight is 260 g/mol. The van der Waals surface area contributed by atoms with Gasteiger partial charge in [-0.3, -0.25) is 0 Å². The Morgan fingerprint density at radius 2 is 1.84 bits per heavy atom. The summed E-state index contributed by atoms with van der Waals surface area (Å²) in [5, 5.41) is 0. The number of hydrogen-bond donors (Lipinski definition) is 0. The molecule has 0 radical (unpaired) electrons. The molecule has 1 saturated carbocycles. The minimum atomic E-state index is -0.258. The molecule has 2 nitrogen and oxygen atoms in total.